The lowest BCUT2D eigenvalue weighted by Gasteiger charge is -2.11. The van der Waals surface area contributed by atoms with Gasteiger partial charge in [-0.15, -0.1) is 0 Å². The van der Waals surface area contributed by atoms with Gasteiger partial charge in [0.2, 0.25) is 0 Å². The zero-order valence-corrected chi connectivity index (χ0v) is 15.7. The van der Waals surface area contributed by atoms with Crippen LogP contribution in [0.2, 0.25) is 0 Å². The molecular formula is C21H18F3NO4. The number of halogens is 3. The van der Waals surface area contributed by atoms with Gasteiger partial charge in [0, 0.05) is 23.2 Å². The number of benzene rings is 2. The summed E-state index contributed by atoms with van der Waals surface area (Å²) in [6.07, 6.45) is -4.69. The van der Waals surface area contributed by atoms with Crippen molar-refractivity contribution in [2.24, 2.45) is 0 Å². The Kier molecular flexibility index (Phi) is 5.63. The molecule has 1 N–H and O–H groups in total. The van der Waals surface area contributed by atoms with Crippen LogP contribution >= 0.6 is 0 Å². The third-order valence-corrected chi connectivity index (χ3v) is 4.25. The second-order valence-electron chi connectivity index (χ2n) is 6.75. The van der Waals surface area contributed by atoms with Gasteiger partial charge in [-0.25, -0.2) is 4.79 Å². The van der Waals surface area contributed by atoms with E-state index in [2.05, 4.69) is 19.2 Å². The van der Waals surface area contributed by atoms with Crippen molar-refractivity contribution in [3.8, 4) is 5.75 Å². The molecule has 0 unspecified atom stereocenters. The molecule has 29 heavy (non-hydrogen) atoms. The zero-order valence-electron chi connectivity index (χ0n) is 15.7. The lowest BCUT2D eigenvalue weighted by atomic mass is 10.0. The molecule has 3 aromatic rings. The summed E-state index contributed by atoms with van der Waals surface area (Å²) in [5.41, 5.74) is -0.744. The van der Waals surface area contributed by atoms with Crippen molar-refractivity contribution >= 4 is 22.6 Å². The molecule has 1 amide bonds. The van der Waals surface area contributed by atoms with Gasteiger partial charge in [0.1, 0.15) is 11.3 Å². The Hall–Kier alpha value is -3.29. The normalized spacial score (nSPS) is 11.7. The van der Waals surface area contributed by atoms with Crippen molar-refractivity contribution in [3.05, 3.63) is 70.1 Å². The molecule has 0 fully saturated rings. The maximum absolute atomic E-state index is 13.1. The highest BCUT2D eigenvalue weighted by molar-refractivity contribution is 5.92. The quantitative estimate of drug-likeness (QED) is 0.610. The largest absolute Gasteiger partial charge is 0.484 e. The first-order chi connectivity index (χ1) is 13.6. The summed E-state index contributed by atoms with van der Waals surface area (Å²) in [6, 6.07) is 11.3. The highest BCUT2D eigenvalue weighted by atomic mass is 19.4. The molecule has 0 saturated carbocycles. The van der Waals surface area contributed by atoms with Crippen LogP contribution in [0.5, 0.6) is 5.75 Å². The minimum absolute atomic E-state index is 0.102. The second-order valence-corrected chi connectivity index (χ2v) is 6.75. The van der Waals surface area contributed by atoms with E-state index in [1.165, 1.54) is 6.07 Å². The van der Waals surface area contributed by atoms with Crippen LogP contribution in [0.25, 0.3) is 11.0 Å². The number of rotatable bonds is 5. The van der Waals surface area contributed by atoms with Gasteiger partial charge in [-0.1, -0.05) is 26.0 Å². The van der Waals surface area contributed by atoms with Crippen molar-refractivity contribution in [2.75, 3.05) is 11.9 Å². The minimum Gasteiger partial charge on any atom is -0.484 e. The Morgan fingerprint density at radius 1 is 1.10 bits per heavy atom. The van der Waals surface area contributed by atoms with E-state index in [-0.39, 0.29) is 23.3 Å². The van der Waals surface area contributed by atoms with Crippen LogP contribution in [0.15, 0.2) is 57.7 Å². The molecule has 0 spiro atoms. The molecule has 1 aromatic heterocycles. The summed E-state index contributed by atoms with van der Waals surface area (Å²) in [6.45, 7) is 3.76. The molecule has 0 aliphatic heterocycles. The molecule has 5 nitrogen and oxygen atoms in total. The molecule has 0 aliphatic rings. The number of hydrogen-bond donors (Lipinski definition) is 1. The van der Waals surface area contributed by atoms with E-state index >= 15 is 0 Å². The molecule has 0 saturated heterocycles. The average molecular weight is 405 g/mol. The van der Waals surface area contributed by atoms with E-state index in [0.717, 1.165) is 17.7 Å². The number of nitrogens with one attached hydrogen (secondary N) is 1. The average Bonchev–Trinajstić information content (AvgIpc) is 2.65. The van der Waals surface area contributed by atoms with Crippen LogP contribution in [0.1, 0.15) is 30.9 Å². The Morgan fingerprint density at radius 3 is 2.41 bits per heavy atom. The standard InChI is InChI=1S/C21H18F3NO4/c1-12(2)13-3-5-14(6-4-13)25-19(26)11-28-15-7-8-16-17(21(22,23)24)10-20(27)29-18(16)9-15/h3-10,12H,11H2,1-2H3,(H,25,26). The fourth-order valence-corrected chi connectivity index (χ4v) is 2.76. The van der Waals surface area contributed by atoms with Gasteiger partial charge in [-0.2, -0.15) is 13.2 Å². The first kappa shape index (κ1) is 20.4. The summed E-state index contributed by atoms with van der Waals surface area (Å²) in [5, 5.41) is 2.40. The second kappa shape index (κ2) is 7.98. The lowest BCUT2D eigenvalue weighted by molar-refractivity contribution is -0.136. The number of fused-ring (bicyclic) bond motifs is 1. The number of carbonyl (C=O) groups excluding carboxylic acids is 1. The van der Waals surface area contributed by atoms with Crippen molar-refractivity contribution in [3.63, 3.8) is 0 Å². The van der Waals surface area contributed by atoms with Gasteiger partial charge in [-0.05, 0) is 35.7 Å². The maximum atomic E-state index is 13.1. The molecule has 0 bridgehead atoms. The topological polar surface area (TPSA) is 68.5 Å². The van der Waals surface area contributed by atoms with Gasteiger partial charge in [-0.3, -0.25) is 4.79 Å². The van der Waals surface area contributed by atoms with Gasteiger partial charge < -0.3 is 14.5 Å². The predicted molar refractivity (Wildman–Crippen MR) is 102 cm³/mol. The smallest absolute Gasteiger partial charge is 0.417 e. The van der Waals surface area contributed by atoms with Crippen LogP contribution in [0.4, 0.5) is 18.9 Å². The number of alkyl halides is 3. The van der Waals surface area contributed by atoms with E-state index in [1.54, 1.807) is 12.1 Å². The molecule has 8 heteroatoms. The summed E-state index contributed by atoms with van der Waals surface area (Å²) in [4.78, 5) is 23.5. The first-order valence-corrected chi connectivity index (χ1v) is 8.81. The Labute approximate surface area is 164 Å². The fourth-order valence-electron chi connectivity index (χ4n) is 2.76. The molecule has 0 atom stereocenters. The van der Waals surface area contributed by atoms with Crippen molar-refractivity contribution in [2.45, 2.75) is 25.9 Å². The minimum atomic E-state index is -4.69. The van der Waals surface area contributed by atoms with Gasteiger partial charge in [0.25, 0.3) is 5.91 Å². The van der Waals surface area contributed by atoms with Crippen LogP contribution in [-0.2, 0) is 11.0 Å². The number of ether oxygens (including phenoxy) is 1. The highest BCUT2D eigenvalue weighted by Crippen LogP contribution is 2.34. The molecule has 3 rings (SSSR count). The van der Waals surface area contributed by atoms with Gasteiger partial charge in [0.15, 0.2) is 6.61 Å². The van der Waals surface area contributed by atoms with Crippen LogP contribution in [-0.4, -0.2) is 12.5 Å². The van der Waals surface area contributed by atoms with E-state index in [4.69, 9.17) is 9.15 Å². The van der Waals surface area contributed by atoms with E-state index in [0.29, 0.717) is 17.7 Å². The number of hydrogen-bond acceptors (Lipinski definition) is 4. The number of anilines is 1. The molecule has 0 aliphatic carbocycles. The summed E-state index contributed by atoms with van der Waals surface area (Å²) >= 11 is 0. The summed E-state index contributed by atoms with van der Waals surface area (Å²) in [7, 11) is 0. The van der Waals surface area contributed by atoms with Crippen LogP contribution < -0.4 is 15.7 Å². The van der Waals surface area contributed by atoms with E-state index in [9.17, 15) is 22.8 Å². The van der Waals surface area contributed by atoms with Crippen molar-refractivity contribution in [1.29, 1.82) is 0 Å². The molecular weight excluding hydrogens is 387 g/mol. The number of amides is 1. The summed E-state index contributed by atoms with van der Waals surface area (Å²) in [5.74, 6) is 0.0343. The highest BCUT2D eigenvalue weighted by Gasteiger charge is 2.33. The van der Waals surface area contributed by atoms with E-state index < -0.39 is 23.3 Å². The molecule has 0 radical (unpaired) electrons. The SMILES string of the molecule is CC(C)c1ccc(NC(=O)COc2ccc3c(C(F)(F)F)cc(=O)oc3c2)cc1. The lowest BCUT2D eigenvalue weighted by Crippen LogP contribution is -2.20. The third-order valence-electron chi connectivity index (χ3n) is 4.25. The Morgan fingerprint density at radius 2 is 1.79 bits per heavy atom. The van der Waals surface area contributed by atoms with E-state index in [1.807, 2.05) is 12.1 Å². The van der Waals surface area contributed by atoms with Crippen LogP contribution in [0, 0.1) is 0 Å². The van der Waals surface area contributed by atoms with Gasteiger partial charge in [0.05, 0.1) is 5.56 Å². The Balaban J connectivity index is 1.70. The molecule has 2 aromatic carbocycles. The monoisotopic (exact) mass is 405 g/mol. The van der Waals surface area contributed by atoms with Gasteiger partial charge >= 0.3 is 11.8 Å². The maximum Gasteiger partial charge on any atom is 0.417 e. The Bertz CT molecular complexity index is 1090. The van der Waals surface area contributed by atoms with Crippen LogP contribution in [0.3, 0.4) is 0 Å². The molecule has 1 heterocycles. The predicted octanol–water partition coefficient (Wildman–Crippen LogP) is 4.95. The molecule has 152 valence electrons. The first-order valence-electron chi connectivity index (χ1n) is 8.81. The summed E-state index contributed by atoms with van der Waals surface area (Å²) < 4.78 is 49.3. The van der Waals surface area contributed by atoms with Crippen molar-refractivity contribution in [1.82, 2.24) is 0 Å². The number of carbonyl (C=O) groups is 1. The third kappa shape index (κ3) is 4.96. The fraction of sp³-hybridized carbons (Fsp3) is 0.238. The van der Waals surface area contributed by atoms with Crippen molar-refractivity contribution < 1.29 is 27.1 Å². The zero-order chi connectivity index (χ0) is 21.2.